The molecule has 0 aliphatic carbocycles. The molecule has 1 N–H and O–H groups in total. The van der Waals surface area contributed by atoms with Gasteiger partial charge in [-0.05, 0) is 37.0 Å². The van der Waals surface area contributed by atoms with Crippen molar-refractivity contribution in [2.24, 2.45) is 0 Å². The number of nitrogens with zero attached hydrogens (tertiary/aromatic N) is 3. The summed E-state index contributed by atoms with van der Waals surface area (Å²) in [6.07, 6.45) is 5.94. The summed E-state index contributed by atoms with van der Waals surface area (Å²) in [7, 11) is 3.22. The maximum absolute atomic E-state index is 12.6. The number of carbonyl (C=O) groups is 1. The molecule has 1 aliphatic heterocycles. The lowest BCUT2D eigenvalue weighted by atomic mass is 10.1. The van der Waals surface area contributed by atoms with Gasteiger partial charge in [0.15, 0.2) is 17.1 Å². The van der Waals surface area contributed by atoms with Crippen LogP contribution in [0.3, 0.4) is 0 Å². The van der Waals surface area contributed by atoms with E-state index in [1.165, 1.54) is 0 Å². The molecule has 3 aromatic rings. The normalized spacial score (nSPS) is 14.6. The highest BCUT2D eigenvalue weighted by atomic mass is 16.5. The van der Waals surface area contributed by atoms with E-state index in [9.17, 15) is 4.79 Å². The molecule has 8 nitrogen and oxygen atoms in total. The number of ether oxygens (including phenoxy) is 3. The van der Waals surface area contributed by atoms with Crippen LogP contribution in [0.5, 0.6) is 11.5 Å². The summed E-state index contributed by atoms with van der Waals surface area (Å²) in [5.74, 6) is 1.19. The van der Waals surface area contributed by atoms with Crippen LogP contribution in [0.25, 0.3) is 11.2 Å². The van der Waals surface area contributed by atoms with E-state index in [-0.39, 0.29) is 5.91 Å². The lowest BCUT2D eigenvalue weighted by Gasteiger charge is -2.23. The van der Waals surface area contributed by atoms with E-state index in [0.29, 0.717) is 36.1 Å². The number of hydrogen-bond donors (Lipinski definition) is 1. The number of imidazole rings is 1. The average Bonchev–Trinajstić information content (AvgIpc) is 3.22. The first-order chi connectivity index (χ1) is 14.7. The van der Waals surface area contributed by atoms with Crippen molar-refractivity contribution in [2.45, 2.75) is 25.3 Å². The number of benzene rings is 1. The molecule has 0 spiro atoms. The second kappa shape index (κ2) is 9.13. The molecular weight excluding hydrogens is 384 g/mol. The number of fused-ring (bicyclic) bond motifs is 1. The maximum Gasteiger partial charge on any atom is 0.252 e. The van der Waals surface area contributed by atoms with Crippen molar-refractivity contribution in [3.63, 3.8) is 0 Å². The van der Waals surface area contributed by atoms with Crippen LogP contribution in [0.2, 0.25) is 0 Å². The van der Waals surface area contributed by atoms with Crippen molar-refractivity contribution >= 4 is 17.1 Å². The summed E-state index contributed by atoms with van der Waals surface area (Å²) in [5.41, 5.74) is 3.00. The number of nitrogens with one attached hydrogen (secondary N) is 1. The third kappa shape index (κ3) is 4.09. The first-order valence-electron chi connectivity index (χ1n) is 10.1. The summed E-state index contributed by atoms with van der Waals surface area (Å²) in [6, 6.07) is 7.85. The molecule has 0 radical (unpaired) electrons. The summed E-state index contributed by atoms with van der Waals surface area (Å²) < 4.78 is 18.3. The summed E-state index contributed by atoms with van der Waals surface area (Å²) >= 11 is 0. The van der Waals surface area contributed by atoms with E-state index in [4.69, 9.17) is 14.2 Å². The van der Waals surface area contributed by atoms with Gasteiger partial charge in [0.1, 0.15) is 5.52 Å². The molecule has 2 aromatic heterocycles. The van der Waals surface area contributed by atoms with Gasteiger partial charge in [0.05, 0.1) is 26.1 Å². The Bertz CT molecular complexity index is 1030. The van der Waals surface area contributed by atoms with Gasteiger partial charge in [-0.25, -0.2) is 9.97 Å². The van der Waals surface area contributed by atoms with E-state index < -0.39 is 0 Å². The van der Waals surface area contributed by atoms with Gasteiger partial charge in [0, 0.05) is 32.0 Å². The van der Waals surface area contributed by atoms with Gasteiger partial charge in [-0.3, -0.25) is 4.79 Å². The first-order valence-corrected chi connectivity index (χ1v) is 10.1. The van der Waals surface area contributed by atoms with Crippen molar-refractivity contribution < 1.29 is 19.0 Å². The van der Waals surface area contributed by atoms with E-state index >= 15 is 0 Å². The van der Waals surface area contributed by atoms with Gasteiger partial charge in [0.2, 0.25) is 0 Å². The Morgan fingerprint density at radius 3 is 2.83 bits per heavy atom. The molecule has 3 heterocycles. The van der Waals surface area contributed by atoms with Crippen LogP contribution in [0, 0.1) is 0 Å². The zero-order chi connectivity index (χ0) is 20.9. The van der Waals surface area contributed by atoms with E-state index in [2.05, 4.69) is 19.9 Å². The number of para-hydroxylation sites is 1. The summed E-state index contributed by atoms with van der Waals surface area (Å²) in [4.78, 5) is 21.6. The van der Waals surface area contributed by atoms with Gasteiger partial charge >= 0.3 is 0 Å². The largest absolute Gasteiger partial charge is 0.493 e. The molecule has 8 heteroatoms. The summed E-state index contributed by atoms with van der Waals surface area (Å²) in [5, 5.41) is 2.94. The Hall–Kier alpha value is -3.13. The third-order valence-corrected chi connectivity index (χ3v) is 5.42. The van der Waals surface area contributed by atoms with Crippen LogP contribution in [0.15, 0.2) is 36.8 Å². The molecule has 1 aliphatic rings. The standard InChI is InChI=1S/C22H26N4O4/c1-28-19-5-3-4-15(20(19)29-2)6-9-23-22(27)16-12-18-21(24-13-16)26(14-25-18)17-7-10-30-11-8-17/h3-5,12-14,17H,6-11H2,1-2H3,(H,23,27). The lowest BCUT2D eigenvalue weighted by Crippen LogP contribution is -2.26. The third-order valence-electron chi connectivity index (χ3n) is 5.42. The second-order valence-corrected chi connectivity index (χ2v) is 7.22. The molecule has 1 aromatic carbocycles. The van der Waals surface area contributed by atoms with Gasteiger partial charge < -0.3 is 24.1 Å². The minimum absolute atomic E-state index is 0.174. The maximum atomic E-state index is 12.6. The first kappa shape index (κ1) is 20.2. The predicted molar refractivity (Wildman–Crippen MR) is 112 cm³/mol. The quantitative estimate of drug-likeness (QED) is 0.645. The minimum atomic E-state index is -0.174. The Labute approximate surface area is 175 Å². The van der Waals surface area contributed by atoms with Crippen molar-refractivity contribution in [3.05, 3.63) is 47.9 Å². The number of hydrogen-bond acceptors (Lipinski definition) is 6. The number of aromatic nitrogens is 3. The fourth-order valence-electron chi connectivity index (χ4n) is 3.84. The second-order valence-electron chi connectivity index (χ2n) is 7.22. The Balaban J connectivity index is 1.41. The van der Waals surface area contributed by atoms with Gasteiger partial charge in [-0.2, -0.15) is 0 Å². The van der Waals surface area contributed by atoms with Crippen LogP contribution in [0.4, 0.5) is 0 Å². The average molecular weight is 410 g/mol. The van der Waals surface area contributed by atoms with Crippen LogP contribution in [-0.4, -0.2) is 54.4 Å². The SMILES string of the molecule is COc1cccc(CCNC(=O)c2cnc3c(c2)ncn3C2CCOCC2)c1OC. The number of methoxy groups -OCH3 is 2. The van der Waals surface area contributed by atoms with Crippen LogP contribution in [-0.2, 0) is 11.2 Å². The Kier molecular flexibility index (Phi) is 6.13. The molecule has 1 fully saturated rings. The van der Waals surface area contributed by atoms with Crippen molar-refractivity contribution in [2.75, 3.05) is 34.0 Å². The fraction of sp³-hybridized carbons (Fsp3) is 0.409. The molecule has 158 valence electrons. The molecule has 1 amide bonds. The summed E-state index contributed by atoms with van der Waals surface area (Å²) in [6.45, 7) is 1.97. The molecule has 30 heavy (non-hydrogen) atoms. The fourth-order valence-corrected chi connectivity index (χ4v) is 3.84. The zero-order valence-corrected chi connectivity index (χ0v) is 17.3. The van der Waals surface area contributed by atoms with Crippen LogP contribution >= 0.6 is 0 Å². The Morgan fingerprint density at radius 1 is 1.23 bits per heavy atom. The monoisotopic (exact) mass is 410 g/mol. The van der Waals surface area contributed by atoms with E-state index in [0.717, 1.165) is 42.8 Å². The van der Waals surface area contributed by atoms with E-state index in [1.807, 2.05) is 24.5 Å². The molecule has 4 rings (SSSR count). The zero-order valence-electron chi connectivity index (χ0n) is 17.3. The minimum Gasteiger partial charge on any atom is -0.493 e. The van der Waals surface area contributed by atoms with Crippen LogP contribution in [0.1, 0.15) is 34.8 Å². The topological polar surface area (TPSA) is 87.5 Å². The molecular formula is C22H26N4O4. The van der Waals surface area contributed by atoms with Crippen molar-refractivity contribution in [1.82, 2.24) is 19.9 Å². The highest BCUT2D eigenvalue weighted by Gasteiger charge is 2.19. The smallest absolute Gasteiger partial charge is 0.252 e. The van der Waals surface area contributed by atoms with Crippen LogP contribution < -0.4 is 14.8 Å². The van der Waals surface area contributed by atoms with E-state index in [1.54, 1.807) is 26.5 Å². The van der Waals surface area contributed by atoms with Crippen molar-refractivity contribution in [3.8, 4) is 11.5 Å². The van der Waals surface area contributed by atoms with Gasteiger partial charge in [-0.1, -0.05) is 12.1 Å². The predicted octanol–water partition coefficient (Wildman–Crippen LogP) is 2.77. The van der Waals surface area contributed by atoms with Gasteiger partial charge in [0.25, 0.3) is 5.91 Å². The molecule has 0 unspecified atom stereocenters. The number of carbonyl (C=O) groups excluding carboxylic acids is 1. The number of rotatable bonds is 7. The molecule has 0 saturated carbocycles. The molecule has 1 saturated heterocycles. The highest BCUT2D eigenvalue weighted by Crippen LogP contribution is 2.30. The number of amides is 1. The molecule has 0 atom stereocenters. The Morgan fingerprint density at radius 2 is 2.07 bits per heavy atom. The lowest BCUT2D eigenvalue weighted by molar-refractivity contribution is 0.0704. The number of pyridine rings is 1. The highest BCUT2D eigenvalue weighted by molar-refractivity contribution is 5.96. The van der Waals surface area contributed by atoms with Gasteiger partial charge in [-0.15, -0.1) is 0 Å². The molecule has 0 bridgehead atoms. The van der Waals surface area contributed by atoms with Crippen molar-refractivity contribution in [1.29, 1.82) is 0 Å².